The minimum absolute atomic E-state index is 0. The van der Waals surface area contributed by atoms with Crippen LogP contribution in [0.25, 0.3) is 0 Å². The fraction of sp³-hybridized carbons (Fsp3) is 0.562. The third-order valence-corrected chi connectivity index (χ3v) is 4.31. The van der Waals surface area contributed by atoms with Crippen LogP contribution >= 0.6 is 39.9 Å². The molecule has 1 aromatic rings. The van der Waals surface area contributed by atoms with E-state index >= 15 is 0 Å². The van der Waals surface area contributed by atoms with Gasteiger partial charge >= 0.3 is 0 Å². The van der Waals surface area contributed by atoms with Crippen molar-refractivity contribution in [2.75, 3.05) is 33.4 Å². The van der Waals surface area contributed by atoms with E-state index in [0.29, 0.717) is 25.7 Å². The zero-order valence-electron chi connectivity index (χ0n) is 13.7. The largest absolute Gasteiger partial charge is 0.379 e. The van der Waals surface area contributed by atoms with Crippen LogP contribution in [0.4, 0.5) is 4.39 Å². The molecule has 1 unspecified atom stereocenters. The average Bonchev–Trinajstić information content (AvgIpc) is 3.06. The summed E-state index contributed by atoms with van der Waals surface area (Å²) in [6, 6.07) is 4.63. The molecule has 5 nitrogen and oxygen atoms in total. The van der Waals surface area contributed by atoms with Gasteiger partial charge in [-0.25, -0.2) is 4.39 Å². The van der Waals surface area contributed by atoms with Gasteiger partial charge in [-0.05, 0) is 36.6 Å². The van der Waals surface area contributed by atoms with Crippen LogP contribution in [0.5, 0.6) is 0 Å². The van der Waals surface area contributed by atoms with Crippen LogP contribution in [-0.4, -0.2) is 45.5 Å². The van der Waals surface area contributed by atoms with E-state index in [9.17, 15) is 4.39 Å². The highest BCUT2D eigenvalue weighted by Crippen LogP contribution is 2.17. The van der Waals surface area contributed by atoms with Gasteiger partial charge in [0.05, 0.1) is 12.7 Å². The molecule has 0 saturated carbocycles. The first-order chi connectivity index (χ1) is 11.2. The molecular formula is C16H24BrFIN3O2. The number of guanidine groups is 1. The van der Waals surface area contributed by atoms with Gasteiger partial charge < -0.3 is 20.1 Å². The van der Waals surface area contributed by atoms with Crippen molar-refractivity contribution in [3.8, 4) is 0 Å². The normalized spacial score (nSPS) is 17.5. The Morgan fingerprint density at radius 3 is 3.00 bits per heavy atom. The van der Waals surface area contributed by atoms with Gasteiger partial charge in [-0.1, -0.05) is 15.9 Å². The summed E-state index contributed by atoms with van der Waals surface area (Å²) in [5.41, 5.74) is 0.845. The zero-order chi connectivity index (χ0) is 16.5. The summed E-state index contributed by atoms with van der Waals surface area (Å²) in [6.45, 7) is 3.47. The number of hydrogen-bond acceptors (Lipinski definition) is 3. The third kappa shape index (κ3) is 7.62. The second kappa shape index (κ2) is 12.0. The summed E-state index contributed by atoms with van der Waals surface area (Å²) in [5, 5.41) is 6.38. The van der Waals surface area contributed by atoms with Crippen molar-refractivity contribution < 1.29 is 13.9 Å². The van der Waals surface area contributed by atoms with Crippen LogP contribution in [0.2, 0.25) is 0 Å². The molecular weight excluding hydrogens is 492 g/mol. The molecule has 24 heavy (non-hydrogen) atoms. The Bertz CT molecular complexity index is 528. The molecule has 2 N–H and O–H groups in total. The molecule has 0 bridgehead atoms. The molecule has 0 aromatic heterocycles. The van der Waals surface area contributed by atoms with E-state index in [1.165, 1.54) is 12.1 Å². The maximum absolute atomic E-state index is 13.3. The molecule has 8 heteroatoms. The molecule has 2 rings (SSSR count). The first-order valence-electron chi connectivity index (χ1n) is 7.77. The highest BCUT2D eigenvalue weighted by atomic mass is 127. The Hall–Kier alpha value is -0.450. The van der Waals surface area contributed by atoms with E-state index < -0.39 is 0 Å². The minimum Gasteiger partial charge on any atom is -0.379 e. The first-order valence-corrected chi connectivity index (χ1v) is 8.56. The van der Waals surface area contributed by atoms with E-state index in [-0.39, 0.29) is 35.9 Å². The maximum atomic E-state index is 13.3. The number of hydrogen-bond donors (Lipinski definition) is 2. The van der Waals surface area contributed by atoms with E-state index in [2.05, 4.69) is 31.6 Å². The lowest BCUT2D eigenvalue weighted by Gasteiger charge is -2.14. The van der Waals surface area contributed by atoms with Crippen molar-refractivity contribution in [1.82, 2.24) is 10.6 Å². The van der Waals surface area contributed by atoms with E-state index in [0.717, 1.165) is 36.0 Å². The number of nitrogens with one attached hydrogen (secondary N) is 2. The van der Waals surface area contributed by atoms with Crippen molar-refractivity contribution in [2.24, 2.45) is 4.99 Å². The molecule has 1 heterocycles. The van der Waals surface area contributed by atoms with Crippen molar-refractivity contribution in [3.05, 3.63) is 34.1 Å². The van der Waals surface area contributed by atoms with Crippen LogP contribution in [0, 0.1) is 5.82 Å². The quantitative estimate of drug-likeness (QED) is 0.253. The summed E-state index contributed by atoms with van der Waals surface area (Å²) < 4.78 is 25.1. The Kier molecular flexibility index (Phi) is 10.8. The fourth-order valence-corrected chi connectivity index (χ4v) is 2.64. The van der Waals surface area contributed by atoms with Gasteiger partial charge in [-0.2, -0.15) is 0 Å². The molecule has 1 aliphatic heterocycles. The van der Waals surface area contributed by atoms with Crippen molar-refractivity contribution in [3.63, 3.8) is 0 Å². The molecule has 0 radical (unpaired) electrons. The van der Waals surface area contributed by atoms with Gasteiger partial charge in [0, 0.05) is 37.8 Å². The first kappa shape index (κ1) is 21.6. The van der Waals surface area contributed by atoms with Crippen LogP contribution in [0.1, 0.15) is 18.4 Å². The monoisotopic (exact) mass is 515 g/mol. The van der Waals surface area contributed by atoms with Gasteiger partial charge in [0.1, 0.15) is 5.82 Å². The van der Waals surface area contributed by atoms with Crippen LogP contribution in [0.3, 0.4) is 0 Å². The number of nitrogens with zero attached hydrogens (tertiary/aromatic N) is 1. The van der Waals surface area contributed by atoms with Crippen molar-refractivity contribution >= 4 is 45.9 Å². The number of aliphatic imine (C=N–C) groups is 1. The summed E-state index contributed by atoms with van der Waals surface area (Å²) in [4.78, 5) is 4.15. The Morgan fingerprint density at radius 2 is 2.29 bits per heavy atom. The molecule has 0 spiro atoms. The lowest BCUT2D eigenvalue weighted by Crippen LogP contribution is -2.37. The zero-order valence-corrected chi connectivity index (χ0v) is 17.6. The summed E-state index contributed by atoms with van der Waals surface area (Å²) in [6.07, 6.45) is 2.12. The predicted octanol–water partition coefficient (Wildman–Crippen LogP) is 3.07. The van der Waals surface area contributed by atoms with Gasteiger partial charge in [0.25, 0.3) is 0 Å². The van der Waals surface area contributed by atoms with Crippen LogP contribution in [-0.2, 0) is 16.0 Å². The Morgan fingerprint density at radius 1 is 1.46 bits per heavy atom. The second-order valence-corrected chi connectivity index (χ2v) is 6.15. The number of rotatable bonds is 7. The van der Waals surface area contributed by atoms with Gasteiger partial charge in [0.2, 0.25) is 0 Å². The molecule has 1 aromatic carbocycles. The van der Waals surface area contributed by atoms with Crippen molar-refractivity contribution in [2.45, 2.75) is 25.5 Å². The molecule has 1 saturated heterocycles. The maximum Gasteiger partial charge on any atom is 0.191 e. The average molecular weight is 516 g/mol. The lowest BCUT2D eigenvalue weighted by molar-refractivity contribution is 0.0420. The molecule has 0 aliphatic carbocycles. The summed E-state index contributed by atoms with van der Waals surface area (Å²) in [5.74, 6) is 0.436. The highest BCUT2D eigenvalue weighted by Gasteiger charge is 2.15. The summed E-state index contributed by atoms with van der Waals surface area (Å²) >= 11 is 3.41. The SMILES string of the molecule is CN=C(NCCCOC1CCOC1)NCc1cc(F)ccc1Br.I. The van der Waals surface area contributed by atoms with Crippen LogP contribution in [0.15, 0.2) is 27.7 Å². The topological polar surface area (TPSA) is 54.9 Å². The standard InChI is InChI=1S/C16H23BrFN3O2.HI/c1-19-16(20-6-2-7-23-14-5-8-22-11-14)21-10-12-9-13(18)3-4-15(12)17;/h3-4,9,14H,2,5-8,10-11H2,1H3,(H2,19,20,21);1H. The molecule has 0 amide bonds. The van der Waals surface area contributed by atoms with E-state index in [1.54, 1.807) is 13.1 Å². The highest BCUT2D eigenvalue weighted by molar-refractivity contribution is 14.0. The molecule has 1 fully saturated rings. The number of ether oxygens (including phenoxy) is 2. The Balaban J connectivity index is 0.00000288. The second-order valence-electron chi connectivity index (χ2n) is 5.30. The Labute approximate surface area is 167 Å². The van der Waals surface area contributed by atoms with Gasteiger partial charge in [0.15, 0.2) is 5.96 Å². The predicted molar refractivity (Wildman–Crippen MR) is 108 cm³/mol. The van der Waals surface area contributed by atoms with E-state index in [1.807, 2.05) is 0 Å². The number of benzene rings is 1. The molecule has 1 atom stereocenters. The minimum atomic E-state index is -0.249. The van der Waals surface area contributed by atoms with Gasteiger partial charge in [-0.15, -0.1) is 24.0 Å². The fourth-order valence-electron chi connectivity index (χ4n) is 2.25. The van der Waals surface area contributed by atoms with Crippen molar-refractivity contribution in [1.29, 1.82) is 0 Å². The van der Waals surface area contributed by atoms with Crippen LogP contribution < -0.4 is 10.6 Å². The molecule has 1 aliphatic rings. The lowest BCUT2D eigenvalue weighted by atomic mass is 10.2. The number of halogens is 3. The van der Waals surface area contributed by atoms with E-state index in [4.69, 9.17) is 9.47 Å². The molecule has 136 valence electrons. The van der Waals surface area contributed by atoms with Gasteiger partial charge in [-0.3, -0.25) is 4.99 Å². The summed E-state index contributed by atoms with van der Waals surface area (Å²) in [7, 11) is 1.71. The third-order valence-electron chi connectivity index (χ3n) is 3.53. The smallest absolute Gasteiger partial charge is 0.191 e.